The van der Waals surface area contributed by atoms with E-state index < -0.39 is 5.97 Å². The first-order valence-corrected chi connectivity index (χ1v) is 6.70. The molecule has 20 heavy (non-hydrogen) atoms. The minimum absolute atomic E-state index is 0.227. The standard InChI is InChI=1S/C13H11Cl2NO2.C2H6/c1-4-9(10(5-2)13(17)18-3)8-6-11(14)16-12(15)7-8;1-2/h4-7H,1-2H2,3H3;1-2H3/b10-9-;. The molecule has 0 unspecified atom stereocenters. The van der Waals surface area contributed by atoms with Crippen molar-refractivity contribution in [1.29, 1.82) is 0 Å². The summed E-state index contributed by atoms with van der Waals surface area (Å²) in [6, 6.07) is 3.16. The Hall–Kier alpha value is -1.58. The minimum Gasteiger partial charge on any atom is -0.465 e. The summed E-state index contributed by atoms with van der Waals surface area (Å²) in [4.78, 5) is 15.4. The largest absolute Gasteiger partial charge is 0.465 e. The SMILES string of the molecule is C=C/C(C(=O)OC)=C(\C=C)c1cc(Cl)nc(Cl)c1.CC. The number of aromatic nitrogens is 1. The number of nitrogens with zero attached hydrogens (tertiary/aromatic N) is 1. The molecule has 0 aliphatic carbocycles. The first-order chi connectivity index (χ1) is 9.53. The molecule has 108 valence electrons. The van der Waals surface area contributed by atoms with Gasteiger partial charge in [-0.05, 0) is 23.3 Å². The molecule has 0 aliphatic heterocycles. The summed E-state index contributed by atoms with van der Waals surface area (Å²) in [7, 11) is 1.29. The highest BCUT2D eigenvalue weighted by Gasteiger charge is 2.13. The summed E-state index contributed by atoms with van der Waals surface area (Å²) in [5.41, 5.74) is 1.43. The Labute approximate surface area is 129 Å². The van der Waals surface area contributed by atoms with E-state index in [0.29, 0.717) is 11.1 Å². The van der Waals surface area contributed by atoms with Crippen LogP contribution in [0.5, 0.6) is 0 Å². The molecule has 1 rings (SSSR count). The highest BCUT2D eigenvalue weighted by atomic mass is 35.5. The second-order valence-electron chi connectivity index (χ2n) is 3.23. The fourth-order valence-electron chi connectivity index (χ4n) is 1.42. The third kappa shape index (κ3) is 4.83. The zero-order chi connectivity index (χ0) is 15.7. The summed E-state index contributed by atoms with van der Waals surface area (Å²) in [5, 5.41) is 0.454. The van der Waals surface area contributed by atoms with Crippen molar-refractivity contribution in [2.24, 2.45) is 0 Å². The van der Waals surface area contributed by atoms with E-state index in [4.69, 9.17) is 23.2 Å². The van der Waals surface area contributed by atoms with Crippen molar-refractivity contribution in [3.05, 3.63) is 58.9 Å². The van der Waals surface area contributed by atoms with E-state index >= 15 is 0 Å². The second-order valence-corrected chi connectivity index (χ2v) is 4.00. The maximum Gasteiger partial charge on any atom is 0.338 e. The van der Waals surface area contributed by atoms with Gasteiger partial charge in [0.05, 0.1) is 12.7 Å². The van der Waals surface area contributed by atoms with Gasteiger partial charge in [0.15, 0.2) is 0 Å². The zero-order valence-electron chi connectivity index (χ0n) is 11.7. The monoisotopic (exact) mass is 313 g/mol. The number of methoxy groups -OCH3 is 1. The number of pyridine rings is 1. The highest BCUT2D eigenvalue weighted by Crippen LogP contribution is 2.25. The number of carbonyl (C=O) groups is 1. The van der Waals surface area contributed by atoms with E-state index in [2.05, 4.69) is 22.9 Å². The molecule has 1 aromatic rings. The fraction of sp³-hybridized carbons (Fsp3) is 0.200. The summed E-state index contributed by atoms with van der Waals surface area (Å²) in [6.45, 7) is 11.2. The molecule has 0 radical (unpaired) electrons. The molecular weight excluding hydrogens is 297 g/mol. The smallest absolute Gasteiger partial charge is 0.338 e. The minimum atomic E-state index is -0.510. The van der Waals surface area contributed by atoms with Crippen molar-refractivity contribution >= 4 is 34.7 Å². The van der Waals surface area contributed by atoms with Crippen LogP contribution in [-0.2, 0) is 9.53 Å². The first kappa shape index (κ1) is 18.4. The quantitative estimate of drug-likeness (QED) is 0.349. The molecule has 0 fully saturated rings. The molecule has 0 saturated heterocycles. The van der Waals surface area contributed by atoms with Gasteiger partial charge in [-0.3, -0.25) is 0 Å². The van der Waals surface area contributed by atoms with Gasteiger partial charge < -0.3 is 4.74 Å². The number of carbonyl (C=O) groups excluding carboxylic acids is 1. The summed E-state index contributed by atoms with van der Waals surface area (Å²) >= 11 is 11.6. The topological polar surface area (TPSA) is 39.2 Å². The maximum absolute atomic E-state index is 11.6. The van der Waals surface area contributed by atoms with Crippen LogP contribution in [0.2, 0.25) is 10.3 Å². The first-order valence-electron chi connectivity index (χ1n) is 5.94. The van der Waals surface area contributed by atoms with E-state index in [1.54, 1.807) is 12.1 Å². The fourth-order valence-corrected chi connectivity index (χ4v) is 1.88. The van der Waals surface area contributed by atoms with Gasteiger partial charge >= 0.3 is 5.97 Å². The van der Waals surface area contributed by atoms with Crippen LogP contribution < -0.4 is 0 Å². The molecule has 5 heteroatoms. The number of halogens is 2. The predicted molar refractivity (Wildman–Crippen MR) is 84.9 cm³/mol. The van der Waals surface area contributed by atoms with Gasteiger partial charge in [-0.15, -0.1) is 0 Å². The van der Waals surface area contributed by atoms with Gasteiger partial charge in [0.25, 0.3) is 0 Å². The maximum atomic E-state index is 11.6. The third-order valence-corrected chi connectivity index (χ3v) is 2.56. The van der Waals surface area contributed by atoms with Crippen molar-refractivity contribution < 1.29 is 9.53 Å². The molecule has 0 atom stereocenters. The highest BCUT2D eigenvalue weighted by molar-refractivity contribution is 6.32. The Kier molecular flexibility index (Phi) is 8.61. The van der Waals surface area contributed by atoms with Crippen LogP contribution in [0, 0.1) is 0 Å². The molecule has 1 aromatic heterocycles. The van der Waals surface area contributed by atoms with Crippen molar-refractivity contribution in [2.45, 2.75) is 13.8 Å². The average Bonchev–Trinajstić information content (AvgIpc) is 2.44. The van der Waals surface area contributed by atoms with E-state index in [0.717, 1.165) is 0 Å². The van der Waals surface area contributed by atoms with Crippen LogP contribution >= 0.6 is 23.2 Å². The van der Waals surface area contributed by atoms with Crippen LogP contribution in [0.25, 0.3) is 5.57 Å². The number of hydrogen-bond acceptors (Lipinski definition) is 3. The molecule has 0 aliphatic rings. The van der Waals surface area contributed by atoms with Crippen LogP contribution in [0.1, 0.15) is 19.4 Å². The Morgan fingerprint density at radius 1 is 1.20 bits per heavy atom. The summed E-state index contributed by atoms with van der Waals surface area (Å²) in [6.07, 6.45) is 2.90. The van der Waals surface area contributed by atoms with Gasteiger partial charge in [0, 0.05) is 0 Å². The molecule has 0 N–H and O–H groups in total. The lowest BCUT2D eigenvalue weighted by Gasteiger charge is -2.08. The number of esters is 1. The predicted octanol–water partition coefficient (Wildman–Crippen LogP) is 4.71. The van der Waals surface area contributed by atoms with Crippen LogP contribution in [-0.4, -0.2) is 18.1 Å². The number of allylic oxidation sites excluding steroid dienone is 2. The Bertz CT molecular complexity index is 516. The van der Waals surface area contributed by atoms with Gasteiger partial charge in [-0.25, -0.2) is 9.78 Å². The van der Waals surface area contributed by atoms with Crippen molar-refractivity contribution in [3.8, 4) is 0 Å². The van der Waals surface area contributed by atoms with Crippen LogP contribution in [0.15, 0.2) is 43.0 Å². The Morgan fingerprint density at radius 2 is 1.70 bits per heavy atom. The normalized spacial score (nSPS) is 10.7. The van der Waals surface area contributed by atoms with Gasteiger partial charge in [0.1, 0.15) is 10.3 Å². The molecule has 0 amide bonds. The van der Waals surface area contributed by atoms with Crippen molar-refractivity contribution in [3.63, 3.8) is 0 Å². The molecule has 3 nitrogen and oxygen atoms in total. The second kappa shape index (κ2) is 9.34. The lowest BCUT2D eigenvalue weighted by atomic mass is 10.0. The third-order valence-electron chi connectivity index (χ3n) is 2.18. The summed E-state index contributed by atoms with van der Waals surface area (Å²) in [5.74, 6) is -0.510. The lowest BCUT2D eigenvalue weighted by Crippen LogP contribution is -2.05. The van der Waals surface area contributed by atoms with Crippen molar-refractivity contribution in [1.82, 2.24) is 4.98 Å². The molecule has 0 saturated carbocycles. The Balaban J connectivity index is 0.00000172. The van der Waals surface area contributed by atoms with Crippen LogP contribution in [0.4, 0.5) is 0 Å². The lowest BCUT2D eigenvalue weighted by molar-refractivity contribution is -0.135. The number of rotatable bonds is 4. The zero-order valence-corrected chi connectivity index (χ0v) is 13.3. The van der Waals surface area contributed by atoms with Gasteiger partial charge in [0.2, 0.25) is 0 Å². The summed E-state index contributed by atoms with van der Waals surface area (Å²) < 4.78 is 4.67. The van der Waals surface area contributed by atoms with Crippen molar-refractivity contribution in [2.75, 3.05) is 7.11 Å². The van der Waals surface area contributed by atoms with E-state index in [1.807, 2.05) is 13.8 Å². The Morgan fingerprint density at radius 3 is 2.05 bits per heavy atom. The van der Waals surface area contributed by atoms with E-state index in [9.17, 15) is 4.79 Å². The average molecular weight is 314 g/mol. The molecular formula is C15H17Cl2NO2. The molecule has 0 spiro atoms. The van der Waals surface area contributed by atoms with Crippen LogP contribution in [0.3, 0.4) is 0 Å². The molecule has 0 aromatic carbocycles. The number of ether oxygens (including phenoxy) is 1. The van der Waals surface area contributed by atoms with E-state index in [-0.39, 0.29) is 15.9 Å². The van der Waals surface area contributed by atoms with Gasteiger partial charge in [-0.2, -0.15) is 0 Å². The molecule has 0 bridgehead atoms. The molecule has 1 heterocycles. The van der Waals surface area contributed by atoms with Gasteiger partial charge in [-0.1, -0.05) is 62.4 Å². The van der Waals surface area contributed by atoms with E-state index in [1.165, 1.54) is 19.3 Å². The number of hydrogen-bond donors (Lipinski definition) is 0.